The Morgan fingerprint density at radius 2 is 1.00 bits per heavy atom. The van der Waals surface area contributed by atoms with Crippen LogP contribution in [0, 0.1) is 0 Å². The maximum Gasteiger partial charge on any atom is 0.421 e. The smallest absolute Gasteiger partial charge is 0.421 e. The lowest BCUT2D eigenvalue weighted by Crippen LogP contribution is -2.41. The van der Waals surface area contributed by atoms with Crippen molar-refractivity contribution >= 4 is 0 Å². The molecule has 3 N–H and O–H groups in total. The molecule has 2 unspecified atom stereocenters. The number of benzene rings is 1. The highest BCUT2D eigenvalue weighted by atomic mass is 19.4. The van der Waals surface area contributed by atoms with Gasteiger partial charge in [-0.05, 0) is 43.2 Å². The Bertz CT molecular complexity index is 487. The van der Waals surface area contributed by atoms with Crippen molar-refractivity contribution in [2.75, 3.05) is 0 Å². The molecule has 120 valence electrons. The normalized spacial score (nSPS) is 19.0. The zero-order chi connectivity index (χ0) is 16.9. The predicted molar refractivity (Wildman–Crippen MR) is 59.4 cm³/mol. The third-order valence-electron chi connectivity index (χ3n) is 3.15. The maximum atomic E-state index is 12.7. The topological polar surface area (TPSA) is 60.7 Å². The summed E-state index contributed by atoms with van der Waals surface area (Å²) in [7, 11) is 0. The van der Waals surface area contributed by atoms with E-state index < -0.39 is 40.4 Å². The number of aromatic hydroxyl groups is 1. The summed E-state index contributed by atoms with van der Waals surface area (Å²) >= 11 is 0. The van der Waals surface area contributed by atoms with Gasteiger partial charge in [-0.15, -0.1) is 0 Å². The highest BCUT2D eigenvalue weighted by Gasteiger charge is 2.54. The van der Waals surface area contributed by atoms with Crippen LogP contribution in [0.3, 0.4) is 0 Å². The van der Waals surface area contributed by atoms with Crippen molar-refractivity contribution in [1.29, 1.82) is 0 Å². The highest BCUT2D eigenvalue weighted by Crippen LogP contribution is 2.44. The van der Waals surface area contributed by atoms with E-state index in [1.807, 2.05) is 0 Å². The molecule has 9 heteroatoms. The SMILES string of the molecule is CC(O)(c1cc(O)cc(C(C)(O)C(F)(F)F)c1)C(F)(F)F. The standard InChI is InChI=1S/C12H12F6O3/c1-9(20,11(13,14)15)6-3-7(5-8(19)4-6)10(2,21)12(16,17)18/h3-5,19-21H,1-2H3. The monoisotopic (exact) mass is 318 g/mol. The lowest BCUT2D eigenvalue weighted by atomic mass is 9.88. The summed E-state index contributed by atoms with van der Waals surface area (Å²) < 4.78 is 76.2. The van der Waals surface area contributed by atoms with E-state index in [2.05, 4.69) is 0 Å². The molecule has 0 aromatic heterocycles. The molecule has 0 aliphatic heterocycles. The Morgan fingerprint density at radius 3 is 1.24 bits per heavy atom. The first-order valence-electron chi connectivity index (χ1n) is 5.54. The summed E-state index contributed by atoms with van der Waals surface area (Å²) in [6.07, 6.45) is -10.4. The van der Waals surface area contributed by atoms with Gasteiger partial charge in [-0.2, -0.15) is 26.3 Å². The van der Waals surface area contributed by atoms with Crippen LogP contribution in [0.15, 0.2) is 18.2 Å². The van der Waals surface area contributed by atoms with Crippen molar-refractivity contribution in [3.05, 3.63) is 29.3 Å². The van der Waals surface area contributed by atoms with Crippen LogP contribution >= 0.6 is 0 Å². The predicted octanol–water partition coefficient (Wildman–Crippen LogP) is 2.93. The van der Waals surface area contributed by atoms with Crippen LogP contribution in [0.2, 0.25) is 0 Å². The Hall–Kier alpha value is -1.48. The van der Waals surface area contributed by atoms with Crippen molar-refractivity contribution < 1.29 is 41.7 Å². The molecule has 1 rings (SSSR count). The van der Waals surface area contributed by atoms with Crippen LogP contribution in [-0.2, 0) is 11.2 Å². The average molecular weight is 318 g/mol. The fourth-order valence-corrected chi connectivity index (χ4v) is 1.50. The van der Waals surface area contributed by atoms with Gasteiger partial charge >= 0.3 is 12.4 Å². The number of rotatable bonds is 2. The van der Waals surface area contributed by atoms with Crippen molar-refractivity contribution in [1.82, 2.24) is 0 Å². The lowest BCUT2D eigenvalue weighted by Gasteiger charge is -2.30. The van der Waals surface area contributed by atoms with Crippen LogP contribution in [-0.4, -0.2) is 27.7 Å². The summed E-state index contributed by atoms with van der Waals surface area (Å²) in [6, 6.07) is 1.30. The first-order chi connectivity index (χ1) is 9.10. The number of halogens is 6. The lowest BCUT2D eigenvalue weighted by molar-refractivity contribution is -0.261. The van der Waals surface area contributed by atoms with Crippen LogP contribution in [0.4, 0.5) is 26.3 Å². The molecule has 0 saturated carbocycles. The van der Waals surface area contributed by atoms with Crippen molar-refractivity contribution in [2.45, 2.75) is 37.4 Å². The summed E-state index contributed by atoms with van der Waals surface area (Å²) in [5, 5.41) is 28.2. The average Bonchev–Trinajstić information content (AvgIpc) is 2.24. The first kappa shape index (κ1) is 17.6. The molecule has 1 aromatic rings. The Labute approximate surface area is 115 Å². The van der Waals surface area contributed by atoms with Crippen LogP contribution in [0.5, 0.6) is 5.75 Å². The minimum Gasteiger partial charge on any atom is -0.508 e. The van der Waals surface area contributed by atoms with Gasteiger partial charge in [0.15, 0.2) is 11.2 Å². The number of hydrogen-bond donors (Lipinski definition) is 3. The molecule has 0 saturated heterocycles. The van der Waals surface area contributed by atoms with Gasteiger partial charge in [-0.3, -0.25) is 0 Å². The molecule has 0 bridgehead atoms. The number of alkyl halides is 6. The third kappa shape index (κ3) is 3.08. The number of phenolic OH excluding ortho intramolecular Hbond substituents is 1. The summed E-state index contributed by atoms with van der Waals surface area (Å²) in [6.45, 7) is 0.654. The molecule has 0 radical (unpaired) electrons. The second-order valence-corrected chi connectivity index (χ2v) is 4.91. The quantitative estimate of drug-likeness (QED) is 0.735. The molecule has 2 atom stereocenters. The van der Waals surface area contributed by atoms with E-state index in [0.717, 1.165) is 0 Å². The van der Waals surface area contributed by atoms with Gasteiger partial charge in [-0.1, -0.05) is 0 Å². The Kier molecular flexibility index (Phi) is 3.99. The molecule has 0 spiro atoms. The first-order valence-corrected chi connectivity index (χ1v) is 5.54. The van der Waals surface area contributed by atoms with Gasteiger partial charge in [0.05, 0.1) is 0 Å². The zero-order valence-electron chi connectivity index (χ0n) is 10.8. The minimum absolute atomic E-state index is 0.327. The van der Waals surface area contributed by atoms with Crippen LogP contribution in [0.1, 0.15) is 25.0 Å². The maximum absolute atomic E-state index is 12.7. The summed E-state index contributed by atoms with van der Waals surface area (Å²) in [5.41, 5.74) is -9.01. The molecule has 0 aliphatic carbocycles. The summed E-state index contributed by atoms with van der Waals surface area (Å²) in [4.78, 5) is 0. The molecule has 0 heterocycles. The van der Waals surface area contributed by atoms with E-state index in [4.69, 9.17) is 0 Å². The Balaban J connectivity index is 3.50. The zero-order valence-corrected chi connectivity index (χ0v) is 10.8. The van der Waals surface area contributed by atoms with E-state index in [1.54, 1.807) is 0 Å². The fourth-order valence-electron chi connectivity index (χ4n) is 1.50. The number of hydrogen-bond acceptors (Lipinski definition) is 3. The minimum atomic E-state index is -5.18. The number of aliphatic hydroxyl groups is 2. The van der Waals surface area contributed by atoms with Crippen LogP contribution < -0.4 is 0 Å². The third-order valence-corrected chi connectivity index (χ3v) is 3.15. The molecule has 0 amide bonds. The summed E-state index contributed by atoms with van der Waals surface area (Å²) in [5.74, 6) is -0.948. The van der Waals surface area contributed by atoms with Crippen molar-refractivity contribution in [3.63, 3.8) is 0 Å². The molecular weight excluding hydrogens is 306 g/mol. The van der Waals surface area contributed by atoms with Crippen LogP contribution in [0.25, 0.3) is 0 Å². The van der Waals surface area contributed by atoms with E-state index in [-0.39, 0.29) is 0 Å². The molecule has 1 aromatic carbocycles. The van der Waals surface area contributed by atoms with E-state index in [1.165, 1.54) is 0 Å². The van der Waals surface area contributed by atoms with E-state index in [0.29, 0.717) is 32.0 Å². The van der Waals surface area contributed by atoms with Crippen molar-refractivity contribution in [3.8, 4) is 5.75 Å². The largest absolute Gasteiger partial charge is 0.508 e. The van der Waals surface area contributed by atoms with Gasteiger partial charge in [0.2, 0.25) is 0 Å². The fraction of sp³-hybridized carbons (Fsp3) is 0.500. The van der Waals surface area contributed by atoms with Gasteiger partial charge in [0.1, 0.15) is 5.75 Å². The van der Waals surface area contributed by atoms with Gasteiger partial charge in [0.25, 0.3) is 0 Å². The van der Waals surface area contributed by atoms with Gasteiger partial charge in [0, 0.05) is 0 Å². The molecule has 21 heavy (non-hydrogen) atoms. The molecule has 3 nitrogen and oxygen atoms in total. The van der Waals surface area contributed by atoms with Gasteiger partial charge in [-0.25, -0.2) is 0 Å². The second-order valence-electron chi connectivity index (χ2n) is 4.91. The Morgan fingerprint density at radius 1 is 0.714 bits per heavy atom. The van der Waals surface area contributed by atoms with E-state index >= 15 is 0 Å². The number of phenols is 1. The second kappa shape index (κ2) is 4.77. The highest BCUT2D eigenvalue weighted by molar-refractivity contribution is 5.40. The van der Waals surface area contributed by atoms with Gasteiger partial charge < -0.3 is 15.3 Å². The molecule has 0 aliphatic rings. The molecule has 0 fully saturated rings. The molecular formula is C12H12F6O3. The van der Waals surface area contributed by atoms with E-state index in [9.17, 15) is 41.7 Å². The van der Waals surface area contributed by atoms with Crippen molar-refractivity contribution in [2.24, 2.45) is 0 Å².